The van der Waals surface area contributed by atoms with E-state index in [1.807, 2.05) is 13.8 Å². The van der Waals surface area contributed by atoms with E-state index in [1.54, 1.807) is 19.1 Å². The maximum absolute atomic E-state index is 12.5. The Balaban J connectivity index is 0.00000625. The zero-order chi connectivity index (χ0) is 18.9. The molecule has 10 heteroatoms. The molecule has 0 heterocycles. The number of aryl methyl sites for hydroxylation is 1. The van der Waals surface area contributed by atoms with Crippen LogP contribution in [0.25, 0.3) is 0 Å². The molecule has 0 aliphatic carbocycles. The molecule has 0 radical (unpaired) electrons. The van der Waals surface area contributed by atoms with Gasteiger partial charge in [-0.1, -0.05) is 24.6 Å². The summed E-state index contributed by atoms with van der Waals surface area (Å²) in [5.41, 5.74) is 1.43. The number of alkyl halides is 2. The van der Waals surface area contributed by atoms with E-state index in [1.165, 1.54) is 6.07 Å². The van der Waals surface area contributed by atoms with Gasteiger partial charge in [-0.05, 0) is 19.9 Å². The number of benzene rings is 1. The molecule has 0 unspecified atom stereocenters. The minimum absolute atomic E-state index is 0. The molecule has 0 fully saturated rings. The van der Waals surface area contributed by atoms with Gasteiger partial charge in [-0.2, -0.15) is 8.78 Å². The van der Waals surface area contributed by atoms with E-state index in [9.17, 15) is 17.2 Å². The summed E-state index contributed by atoms with van der Waals surface area (Å²) < 4.78 is 52.5. The van der Waals surface area contributed by atoms with Crippen LogP contribution in [0.4, 0.5) is 8.78 Å². The highest BCUT2D eigenvalue weighted by atomic mass is 127. The number of guanidine groups is 1. The van der Waals surface area contributed by atoms with Crippen molar-refractivity contribution in [3.63, 3.8) is 0 Å². The first kappa shape index (κ1) is 24.8. The number of sulfone groups is 1. The lowest BCUT2D eigenvalue weighted by molar-refractivity contribution is -0.0504. The van der Waals surface area contributed by atoms with Gasteiger partial charge in [-0.3, -0.25) is 0 Å². The number of halogens is 3. The van der Waals surface area contributed by atoms with Crippen molar-refractivity contribution in [2.75, 3.05) is 24.6 Å². The van der Waals surface area contributed by atoms with Crippen molar-refractivity contribution in [3.05, 3.63) is 29.3 Å². The van der Waals surface area contributed by atoms with E-state index in [2.05, 4.69) is 20.4 Å². The van der Waals surface area contributed by atoms with E-state index in [0.717, 1.165) is 5.56 Å². The first-order valence-electron chi connectivity index (χ1n) is 8.04. The van der Waals surface area contributed by atoms with Gasteiger partial charge in [0, 0.05) is 24.4 Å². The van der Waals surface area contributed by atoms with Gasteiger partial charge in [0.2, 0.25) is 0 Å². The highest BCUT2D eigenvalue weighted by Crippen LogP contribution is 2.22. The molecule has 0 aromatic heterocycles. The van der Waals surface area contributed by atoms with Crippen LogP contribution in [0.5, 0.6) is 5.75 Å². The van der Waals surface area contributed by atoms with E-state index >= 15 is 0 Å². The molecular formula is C16H26F2IN3O3S. The molecule has 150 valence electrons. The number of rotatable bonds is 9. The van der Waals surface area contributed by atoms with Gasteiger partial charge in [0.25, 0.3) is 0 Å². The zero-order valence-electron chi connectivity index (χ0n) is 15.1. The summed E-state index contributed by atoms with van der Waals surface area (Å²) in [7, 11) is -3.07. The Morgan fingerprint density at radius 1 is 1.27 bits per heavy atom. The standard InChI is InChI=1S/C16H25F2N3O3S.HI/c1-4-19-16(20-8-9-25(22,23)5-2)21-11-13-10-12(3)6-7-14(13)24-15(17)18;/h6-7,10,15H,4-5,8-9,11H2,1-3H3,(H2,19,20,21);1H. The molecule has 0 atom stereocenters. The smallest absolute Gasteiger partial charge is 0.387 e. The van der Waals surface area contributed by atoms with E-state index < -0.39 is 16.4 Å². The molecule has 1 aromatic carbocycles. The molecule has 0 aliphatic heterocycles. The Morgan fingerprint density at radius 2 is 1.96 bits per heavy atom. The predicted octanol–water partition coefficient (Wildman–Crippen LogP) is 2.70. The Hall–Kier alpha value is -1.17. The summed E-state index contributed by atoms with van der Waals surface area (Å²) in [5, 5.41) is 5.91. The lowest BCUT2D eigenvalue weighted by atomic mass is 10.1. The summed E-state index contributed by atoms with van der Waals surface area (Å²) in [5.74, 6) is 0.574. The lowest BCUT2D eigenvalue weighted by Crippen LogP contribution is -2.39. The van der Waals surface area contributed by atoms with Crippen molar-refractivity contribution in [2.45, 2.75) is 33.9 Å². The van der Waals surface area contributed by atoms with Gasteiger partial charge in [0.05, 0.1) is 12.3 Å². The molecular weight excluding hydrogens is 479 g/mol. The fourth-order valence-electron chi connectivity index (χ4n) is 2.02. The second kappa shape index (κ2) is 12.3. The van der Waals surface area contributed by atoms with Crippen molar-refractivity contribution in [1.82, 2.24) is 10.6 Å². The molecule has 0 amide bonds. The van der Waals surface area contributed by atoms with E-state index in [4.69, 9.17) is 0 Å². The summed E-state index contributed by atoms with van der Waals surface area (Å²) in [6.45, 7) is 3.33. The van der Waals surface area contributed by atoms with Gasteiger partial charge in [-0.15, -0.1) is 24.0 Å². The summed E-state index contributed by atoms with van der Waals surface area (Å²) in [4.78, 5) is 4.31. The van der Waals surface area contributed by atoms with Crippen molar-refractivity contribution in [3.8, 4) is 5.75 Å². The van der Waals surface area contributed by atoms with Crippen LogP contribution in [0.15, 0.2) is 23.2 Å². The molecule has 0 spiro atoms. The highest BCUT2D eigenvalue weighted by molar-refractivity contribution is 14.0. The average Bonchev–Trinajstić information content (AvgIpc) is 2.54. The van der Waals surface area contributed by atoms with Crippen LogP contribution < -0.4 is 15.4 Å². The topological polar surface area (TPSA) is 79.8 Å². The number of hydrogen-bond donors (Lipinski definition) is 2. The van der Waals surface area contributed by atoms with Crippen LogP contribution >= 0.6 is 24.0 Å². The molecule has 0 saturated heterocycles. The molecule has 1 rings (SSSR count). The van der Waals surface area contributed by atoms with Gasteiger partial charge >= 0.3 is 6.61 Å². The molecule has 0 aliphatic rings. The van der Waals surface area contributed by atoms with Crippen molar-refractivity contribution < 1.29 is 21.9 Å². The summed E-state index contributed by atoms with van der Waals surface area (Å²) >= 11 is 0. The van der Waals surface area contributed by atoms with E-state index in [0.29, 0.717) is 18.1 Å². The van der Waals surface area contributed by atoms with Crippen molar-refractivity contribution in [1.29, 1.82) is 0 Å². The number of hydrogen-bond acceptors (Lipinski definition) is 4. The Kier molecular flexibility index (Phi) is 11.7. The Morgan fingerprint density at radius 3 is 2.54 bits per heavy atom. The molecule has 0 saturated carbocycles. The second-order valence-electron chi connectivity index (χ2n) is 5.35. The second-order valence-corrected chi connectivity index (χ2v) is 7.82. The first-order valence-corrected chi connectivity index (χ1v) is 9.86. The molecule has 2 N–H and O–H groups in total. The van der Waals surface area contributed by atoms with Crippen LogP contribution in [0.3, 0.4) is 0 Å². The monoisotopic (exact) mass is 505 g/mol. The summed E-state index contributed by atoms with van der Waals surface area (Å²) in [6.07, 6.45) is 0. The molecule has 26 heavy (non-hydrogen) atoms. The fraction of sp³-hybridized carbons (Fsp3) is 0.562. The number of nitrogens with zero attached hydrogens (tertiary/aromatic N) is 1. The van der Waals surface area contributed by atoms with Gasteiger partial charge in [0.15, 0.2) is 15.8 Å². The van der Waals surface area contributed by atoms with Crippen LogP contribution in [0.1, 0.15) is 25.0 Å². The Bertz CT molecular complexity index is 685. The lowest BCUT2D eigenvalue weighted by Gasteiger charge is -2.13. The van der Waals surface area contributed by atoms with Crippen LogP contribution in [0, 0.1) is 6.92 Å². The third-order valence-corrected chi connectivity index (χ3v) is 5.03. The maximum atomic E-state index is 12.5. The third kappa shape index (κ3) is 9.51. The van der Waals surface area contributed by atoms with Crippen LogP contribution in [0.2, 0.25) is 0 Å². The molecule has 0 bridgehead atoms. The minimum Gasteiger partial charge on any atom is -0.434 e. The van der Waals surface area contributed by atoms with E-state index in [-0.39, 0.29) is 54.3 Å². The van der Waals surface area contributed by atoms with Crippen molar-refractivity contribution in [2.24, 2.45) is 4.99 Å². The number of aliphatic imine (C=N–C) groups is 1. The first-order chi connectivity index (χ1) is 11.8. The zero-order valence-corrected chi connectivity index (χ0v) is 18.2. The quantitative estimate of drug-likeness (QED) is 0.307. The Labute approximate surface area is 170 Å². The molecule has 1 aromatic rings. The SMILES string of the molecule is CCNC(=NCc1cc(C)ccc1OC(F)F)NCCS(=O)(=O)CC.I. The third-order valence-electron chi connectivity index (χ3n) is 3.33. The summed E-state index contributed by atoms with van der Waals surface area (Å²) in [6, 6.07) is 4.90. The van der Waals surface area contributed by atoms with Crippen LogP contribution in [-0.2, 0) is 16.4 Å². The maximum Gasteiger partial charge on any atom is 0.387 e. The van der Waals surface area contributed by atoms with Gasteiger partial charge in [-0.25, -0.2) is 13.4 Å². The van der Waals surface area contributed by atoms with Gasteiger partial charge < -0.3 is 15.4 Å². The highest BCUT2D eigenvalue weighted by Gasteiger charge is 2.11. The largest absolute Gasteiger partial charge is 0.434 e. The fourth-order valence-corrected chi connectivity index (χ4v) is 2.72. The minimum atomic E-state index is -3.07. The van der Waals surface area contributed by atoms with Crippen LogP contribution in [-0.4, -0.2) is 45.6 Å². The van der Waals surface area contributed by atoms with Gasteiger partial charge in [0.1, 0.15) is 5.75 Å². The number of nitrogens with one attached hydrogen (secondary N) is 2. The number of ether oxygens (including phenoxy) is 1. The van der Waals surface area contributed by atoms with Crippen molar-refractivity contribution >= 4 is 39.8 Å². The average molecular weight is 505 g/mol. The predicted molar refractivity (Wildman–Crippen MR) is 110 cm³/mol. The molecule has 6 nitrogen and oxygen atoms in total. The normalized spacial score (nSPS) is 11.8.